The Morgan fingerprint density at radius 1 is 0.920 bits per heavy atom. The molecule has 0 amide bonds. The topological polar surface area (TPSA) is 246 Å². The zero-order chi connectivity index (χ0) is 39.4. The number of esters is 1. The summed E-state index contributed by atoms with van der Waals surface area (Å²) in [6.45, 7) is 3.54. The molecule has 7 N–H and O–H groups in total. The molecule has 1 heterocycles. The zero-order valence-corrected chi connectivity index (χ0v) is 26.8. The van der Waals surface area contributed by atoms with E-state index in [4.69, 9.17) is 40.8 Å². The largest absolute Gasteiger partial charge is 0.490 e. The molecule has 0 spiro atoms. The lowest BCUT2D eigenvalue weighted by atomic mass is 9.87. The van der Waals surface area contributed by atoms with E-state index in [0.717, 1.165) is 17.4 Å². The predicted octanol–water partition coefficient (Wildman–Crippen LogP) is 4.39. The van der Waals surface area contributed by atoms with Gasteiger partial charge in [0.15, 0.2) is 17.3 Å². The van der Waals surface area contributed by atoms with Crippen molar-refractivity contribution in [2.24, 2.45) is 11.7 Å². The van der Waals surface area contributed by atoms with Gasteiger partial charge in [-0.25, -0.2) is 18.8 Å². The molecular formula is C28H30F7N3O11S. The Morgan fingerprint density at radius 2 is 1.42 bits per heavy atom. The molecule has 1 aromatic heterocycles. The minimum Gasteiger partial charge on any atom is -0.481 e. The van der Waals surface area contributed by atoms with Gasteiger partial charge in [0.05, 0.1) is 11.5 Å². The van der Waals surface area contributed by atoms with Crippen LogP contribution in [0.5, 0.6) is 5.75 Å². The molecule has 22 heteroatoms. The minimum atomic E-state index is -5.08. The van der Waals surface area contributed by atoms with Crippen LogP contribution in [-0.2, 0) is 30.5 Å². The lowest BCUT2D eigenvalue weighted by Crippen LogP contribution is -2.48. The molecule has 50 heavy (non-hydrogen) atoms. The van der Waals surface area contributed by atoms with Crippen LogP contribution in [0.2, 0.25) is 0 Å². The highest BCUT2D eigenvalue weighted by Crippen LogP contribution is 2.27. The summed E-state index contributed by atoms with van der Waals surface area (Å²) in [6, 6.07) is 6.74. The monoisotopic (exact) mass is 749 g/mol. The van der Waals surface area contributed by atoms with Gasteiger partial charge in [0.2, 0.25) is 0 Å². The molecule has 0 saturated heterocycles. The smallest absolute Gasteiger partial charge is 0.481 e. The molecule has 0 aliphatic heterocycles. The molecule has 0 radical (unpaired) electrons. The number of hydrogen-bond acceptors (Lipinski definition) is 10. The lowest BCUT2D eigenvalue weighted by molar-refractivity contribution is -0.193. The summed E-state index contributed by atoms with van der Waals surface area (Å²) in [5.74, 6) is -11.6. The van der Waals surface area contributed by atoms with E-state index in [1.54, 1.807) is 31.9 Å². The Morgan fingerprint density at radius 3 is 1.82 bits per heavy atom. The van der Waals surface area contributed by atoms with Crippen LogP contribution in [0.3, 0.4) is 0 Å². The SMILES string of the molecule is CN(Cc1ccc(C(=O)Oc2ccc(C(=N)N)cc2F)s1)C(C)(C)C(=O)C[C@@H](CCC(=O)O)C(=O)O.O=C(O)C(F)(F)F.O=C(O)C(F)(F)F. The highest BCUT2D eigenvalue weighted by atomic mass is 32.1. The number of likely N-dealkylation sites (N-methyl/N-ethyl adjacent to an activating group) is 1. The number of nitrogens with one attached hydrogen (secondary N) is 1. The number of ether oxygens (including phenoxy) is 1. The van der Waals surface area contributed by atoms with E-state index in [1.165, 1.54) is 18.2 Å². The number of rotatable bonds is 13. The number of alkyl halides is 6. The number of halogens is 7. The molecule has 1 atom stereocenters. The summed E-state index contributed by atoms with van der Waals surface area (Å²) >= 11 is 1.10. The zero-order valence-electron chi connectivity index (χ0n) is 26.0. The number of hydrogen-bond donors (Lipinski definition) is 6. The van der Waals surface area contributed by atoms with E-state index in [1.807, 2.05) is 0 Å². The first-order valence-electron chi connectivity index (χ1n) is 13.3. The molecule has 14 nitrogen and oxygen atoms in total. The molecule has 0 unspecified atom stereocenters. The Hall–Kier alpha value is -5.12. The molecule has 278 valence electrons. The molecule has 1 aromatic carbocycles. The van der Waals surface area contributed by atoms with Crippen LogP contribution in [0.4, 0.5) is 30.7 Å². The summed E-state index contributed by atoms with van der Waals surface area (Å²) in [4.78, 5) is 68.0. The van der Waals surface area contributed by atoms with E-state index >= 15 is 0 Å². The van der Waals surface area contributed by atoms with Crippen LogP contribution in [0, 0.1) is 17.1 Å². The second-order valence-electron chi connectivity index (χ2n) is 10.3. The van der Waals surface area contributed by atoms with Crippen LogP contribution in [0.15, 0.2) is 30.3 Å². The summed E-state index contributed by atoms with van der Waals surface area (Å²) < 4.78 is 82.8. The summed E-state index contributed by atoms with van der Waals surface area (Å²) in [7, 11) is 1.68. The van der Waals surface area contributed by atoms with Gasteiger partial charge >= 0.3 is 42.2 Å². The number of thiophene rings is 1. The van der Waals surface area contributed by atoms with Gasteiger partial charge in [-0.1, -0.05) is 0 Å². The quantitative estimate of drug-likeness (QED) is 0.0548. The van der Waals surface area contributed by atoms with Crippen molar-refractivity contribution in [2.75, 3.05) is 7.05 Å². The summed E-state index contributed by atoms with van der Waals surface area (Å²) in [5, 5.41) is 39.7. The van der Waals surface area contributed by atoms with Crippen molar-refractivity contribution >= 4 is 52.8 Å². The maximum Gasteiger partial charge on any atom is 0.490 e. The summed E-state index contributed by atoms with van der Waals surface area (Å²) in [6.07, 6.45) is -11.0. The maximum atomic E-state index is 14.2. The highest BCUT2D eigenvalue weighted by molar-refractivity contribution is 7.13. The number of carbonyl (C=O) groups is 6. The second kappa shape index (κ2) is 18.6. The van der Waals surface area contributed by atoms with Crippen molar-refractivity contribution in [3.63, 3.8) is 0 Å². The number of nitrogen functional groups attached to an aromatic ring is 1. The van der Waals surface area contributed by atoms with Crippen molar-refractivity contribution in [2.45, 2.75) is 57.5 Å². The molecule has 0 fully saturated rings. The Bertz CT molecular complexity index is 1550. The van der Waals surface area contributed by atoms with Gasteiger partial charge in [-0.05, 0) is 57.6 Å². The number of carboxylic acids is 4. The van der Waals surface area contributed by atoms with Crippen LogP contribution >= 0.6 is 11.3 Å². The minimum absolute atomic E-state index is 0.148. The molecule has 2 aromatic rings. The normalized spacial score (nSPS) is 12.0. The summed E-state index contributed by atoms with van der Waals surface area (Å²) in [5.41, 5.74) is 4.40. The first-order valence-corrected chi connectivity index (χ1v) is 14.2. The van der Waals surface area contributed by atoms with E-state index in [2.05, 4.69) is 0 Å². The first kappa shape index (κ1) is 44.9. The van der Waals surface area contributed by atoms with Gasteiger partial charge < -0.3 is 30.9 Å². The van der Waals surface area contributed by atoms with Gasteiger partial charge in [0.25, 0.3) is 0 Å². The van der Waals surface area contributed by atoms with Crippen molar-refractivity contribution in [1.29, 1.82) is 5.41 Å². The number of carbonyl (C=O) groups excluding carboxylic acids is 2. The van der Waals surface area contributed by atoms with Gasteiger partial charge in [-0.3, -0.25) is 24.7 Å². The molecule has 0 saturated carbocycles. The van der Waals surface area contributed by atoms with Gasteiger partial charge in [0, 0.05) is 29.8 Å². The van der Waals surface area contributed by atoms with Crippen LogP contribution in [-0.4, -0.2) is 91.7 Å². The third kappa shape index (κ3) is 15.4. The fraction of sp³-hybridized carbons (Fsp3) is 0.393. The maximum absolute atomic E-state index is 14.2. The fourth-order valence-electron chi connectivity index (χ4n) is 3.20. The van der Waals surface area contributed by atoms with Gasteiger partial charge in [-0.15, -0.1) is 11.3 Å². The third-order valence-corrected chi connectivity index (χ3v) is 7.36. The molecule has 0 bridgehead atoms. The molecular weight excluding hydrogens is 719 g/mol. The van der Waals surface area contributed by atoms with Crippen molar-refractivity contribution in [1.82, 2.24) is 4.90 Å². The van der Waals surface area contributed by atoms with Crippen molar-refractivity contribution in [3.8, 4) is 5.75 Å². The van der Waals surface area contributed by atoms with Gasteiger partial charge in [0.1, 0.15) is 10.7 Å². The van der Waals surface area contributed by atoms with Crippen LogP contribution in [0.25, 0.3) is 0 Å². The Labute approximate surface area is 281 Å². The first-order chi connectivity index (χ1) is 22.6. The van der Waals surface area contributed by atoms with E-state index in [9.17, 15) is 55.0 Å². The highest BCUT2D eigenvalue weighted by Gasteiger charge is 2.39. The Balaban J connectivity index is 0.00000143. The number of aliphatic carboxylic acids is 4. The van der Waals surface area contributed by atoms with E-state index in [0.29, 0.717) is 4.88 Å². The van der Waals surface area contributed by atoms with Gasteiger partial charge in [-0.2, -0.15) is 26.3 Å². The van der Waals surface area contributed by atoms with Crippen molar-refractivity contribution < 1.29 is 84.7 Å². The number of nitrogens with zero attached hydrogens (tertiary/aromatic N) is 1. The molecule has 0 aliphatic carbocycles. The number of amidine groups is 1. The number of Topliss-reactive ketones (excluding diaryl/α,β-unsaturated/α-hetero) is 1. The van der Waals surface area contributed by atoms with Crippen LogP contribution < -0.4 is 10.5 Å². The van der Waals surface area contributed by atoms with Crippen molar-refractivity contribution in [3.05, 3.63) is 51.5 Å². The Kier molecular flexibility index (Phi) is 16.7. The van der Waals surface area contributed by atoms with Crippen LogP contribution in [0.1, 0.15) is 53.2 Å². The number of ketones is 1. The molecule has 0 aliphatic rings. The second-order valence-corrected chi connectivity index (χ2v) is 11.5. The third-order valence-electron chi connectivity index (χ3n) is 6.31. The lowest BCUT2D eigenvalue weighted by Gasteiger charge is -2.34. The number of nitrogens with two attached hydrogens (primary N) is 1. The van der Waals surface area contributed by atoms with E-state index in [-0.39, 0.29) is 53.6 Å². The average molecular weight is 750 g/mol. The average Bonchev–Trinajstić information content (AvgIpc) is 3.44. The van der Waals surface area contributed by atoms with E-state index < -0.39 is 59.5 Å². The standard InChI is InChI=1S/C24H28FN3O7S.2C2HF3O2/c1-24(2,19(29)11-14(22(32)33)5-9-20(30)31)28(3)12-15-6-8-18(36-15)23(34)35-17-7-4-13(21(26)27)10-16(17)25;2*3-2(4,5)1(6)7/h4,6-8,10,14H,5,9,11-12H2,1-3H3,(H3,26,27)(H,30,31)(H,32,33);2*(H,6,7)/t14-;;/m1../s1. The number of benzene rings is 1. The molecule has 2 rings (SSSR count). The number of carboxylic acid groups (broad SMARTS) is 4. The fourth-order valence-corrected chi connectivity index (χ4v) is 4.14. The predicted molar refractivity (Wildman–Crippen MR) is 157 cm³/mol.